The molecular formula is C20H18N4O3S. The second kappa shape index (κ2) is 7.41. The van der Waals surface area contributed by atoms with Gasteiger partial charge in [0.05, 0.1) is 11.4 Å². The third-order valence-corrected chi connectivity index (χ3v) is 5.85. The number of nitrogens with one attached hydrogen (secondary N) is 1. The van der Waals surface area contributed by atoms with Gasteiger partial charge in [-0.1, -0.05) is 48.5 Å². The van der Waals surface area contributed by atoms with E-state index in [-0.39, 0.29) is 23.7 Å². The summed E-state index contributed by atoms with van der Waals surface area (Å²) in [6.07, 6.45) is 1.62. The van der Waals surface area contributed by atoms with Gasteiger partial charge in [-0.15, -0.1) is 5.10 Å². The average molecular weight is 394 g/mol. The van der Waals surface area contributed by atoms with Crippen molar-refractivity contribution in [1.82, 2.24) is 18.9 Å². The Labute approximate surface area is 161 Å². The SMILES string of the molecule is O=c1n(CCNS(=O)(=O)c2ccc(-c3ccccc3)cc2)nc2ccccn12. The average Bonchev–Trinajstić information content (AvgIpc) is 3.05. The number of rotatable bonds is 6. The first-order valence-electron chi connectivity index (χ1n) is 8.74. The molecule has 0 fully saturated rings. The first kappa shape index (κ1) is 18.1. The summed E-state index contributed by atoms with van der Waals surface area (Å²) in [5.41, 5.74) is 2.18. The van der Waals surface area contributed by atoms with Gasteiger partial charge in [0, 0.05) is 12.7 Å². The summed E-state index contributed by atoms with van der Waals surface area (Å²) < 4.78 is 30.2. The molecule has 142 valence electrons. The lowest BCUT2D eigenvalue weighted by Crippen LogP contribution is -2.31. The van der Waals surface area contributed by atoms with Crippen molar-refractivity contribution in [3.63, 3.8) is 0 Å². The molecule has 0 amide bonds. The molecule has 0 aliphatic rings. The minimum Gasteiger partial charge on any atom is -0.250 e. The smallest absolute Gasteiger partial charge is 0.250 e. The maximum atomic E-state index is 12.5. The normalized spacial score (nSPS) is 11.7. The molecule has 0 aliphatic carbocycles. The van der Waals surface area contributed by atoms with Crippen molar-refractivity contribution in [2.24, 2.45) is 0 Å². The zero-order valence-electron chi connectivity index (χ0n) is 14.9. The van der Waals surface area contributed by atoms with E-state index in [4.69, 9.17) is 0 Å². The van der Waals surface area contributed by atoms with Gasteiger partial charge in [-0.3, -0.25) is 4.40 Å². The molecule has 0 saturated carbocycles. The summed E-state index contributed by atoms with van der Waals surface area (Å²) in [7, 11) is -3.67. The Hall–Kier alpha value is -3.23. The van der Waals surface area contributed by atoms with Crippen LogP contribution < -0.4 is 10.4 Å². The lowest BCUT2D eigenvalue weighted by atomic mass is 10.1. The molecule has 0 unspecified atom stereocenters. The number of fused-ring (bicyclic) bond motifs is 1. The predicted molar refractivity (Wildman–Crippen MR) is 107 cm³/mol. The summed E-state index contributed by atoms with van der Waals surface area (Å²) >= 11 is 0. The third-order valence-electron chi connectivity index (χ3n) is 4.38. The monoisotopic (exact) mass is 394 g/mol. The van der Waals surface area contributed by atoms with Crippen molar-refractivity contribution < 1.29 is 8.42 Å². The number of hydrogen-bond donors (Lipinski definition) is 1. The van der Waals surface area contributed by atoms with Gasteiger partial charge >= 0.3 is 5.69 Å². The van der Waals surface area contributed by atoms with E-state index in [2.05, 4.69) is 9.82 Å². The van der Waals surface area contributed by atoms with Gasteiger partial charge < -0.3 is 0 Å². The van der Waals surface area contributed by atoms with Crippen LogP contribution in [0.15, 0.2) is 88.7 Å². The fourth-order valence-corrected chi connectivity index (χ4v) is 3.96. The van der Waals surface area contributed by atoms with Crippen LogP contribution >= 0.6 is 0 Å². The van der Waals surface area contributed by atoms with Crippen molar-refractivity contribution in [2.75, 3.05) is 6.54 Å². The van der Waals surface area contributed by atoms with E-state index < -0.39 is 10.0 Å². The molecule has 28 heavy (non-hydrogen) atoms. The van der Waals surface area contributed by atoms with E-state index in [9.17, 15) is 13.2 Å². The number of pyridine rings is 1. The second-order valence-electron chi connectivity index (χ2n) is 6.22. The molecule has 8 heteroatoms. The van der Waals surface area contributed by atoms with Gasteiger partial charge in [0.1, 0.15) is 0 Å². The number of nitrogens with zero attached hydrogens (tertiary/aromatic N) is 3. The second-order valence-corrected chi connectivity index (χ2v) is 7.99. The molecule has 4 aromatic rings. The Morgan fingerprint density at radius 3 is 2.25 bits per heavy atom. The highest BCUT2D eigenvalue weighted by atomic mass is 32.2. The molecular weight excluding hydrogens is 376 g/mol. The Balaban J connectivity index is 1.45. The van der Waals surface area contributed by atoms with Gasteiger partial charge in [0.25, 0.3) is 0 Å². The van der Waals surface area contributed by atoms with Gasteiger partial charge in [-0.2, -0.15) is 0 Å². The van der Waals surface area contributed by atoms with Crippen LogP contribution in [0.2, 0.25) is 0 Å². The first-order valence-corrected chi connectivity index (χ1v) is 10.2. The van der Waals surface area contributed by atoms with E-state index in [0.29, 0.717) is 5.65 Å². The third kappa shape index (κ3) is 3.60. The minimum atomic E-state index is -3.67. The Morgan fingerprint density at radius 1 is 0.857 bits per heavy atom. The van der Waals surface area contributed by atoms with E-state index in [1.54, 1.807) is 48.7 Å². The Bertz CT molecular complexity index is 1260. The standard InChI is InChI=1S/C20H18N4O3S/c25-20-23-14-5-4-8-19(23)22-24(20)15-13-21-28(26,27)18-11-9-17(10-12-18)16-6-2-1-3-7-16/h1-12,14,21H,13,15H2. The lowest BCUT2D eigenvalue weighted by Gasteiger charge is -2.08. The minimum absolute atomic E-state index is 0.0621. The summed E-state index contributed by atoms with van der Waals surface area (Å²) in [5.74, 6) is 0. The topological polar surface area (TPSA) is 85.5 Å². The molecule has 0 bridgehead atoms. The zero-order chi connectivity index (χ0) is 19.6. The van der Waals surface area contributed by atoms with E-state index in [1.165, 1.54) is 9.08 Å². The molecule has 0 radical (unpaired) electrons. The molecule has 0 atom stereocenters. The maximum absolute atomic E-state index is 12.5. The van der Waals surface area contributed by atoms with Crippen molar-refractivity contribution in [3.05, 3.63) is 89.5 Å². The van der Waals surface area contributed by atoms with E-state index >= 15 is 0 Å². The first-order chi connectivity index (χ1) is 13.5. The fraction of sp³-hybridized carbons (Fsp3) is 0.100. The summed E-state index contributed by atoms with van der Waals surface area (Å²) in [5, 5.41) is 4.18. The summed E-state index contributed by atoms with van der Waals surface area (Å²) in [4.78, 5) is 12.4. The lowest BCUT2D eigenvalue weighted by molar-refractivity contribution is 0.553. The summed E-state index contributed by atoms with van der Waals surface area (Å²) in [6.45, 7) is 0.203. The summed E-state index contributed by atoms with van der Waals surface area (Å²) in [6, 6.07) is 21.7. The number of sulfonamides is 1. The highest BCUT2D eigenvalue weighted by Crippen LogP contribution is 2.20. The highest BCUT2D eigenvalue weighted by Gasteiger charge is 2.14. The van der Waals surface area contributed by atoms with Crippen LogP contribution in [0.4, 0.5) is 0 Å². The van der Waals surface area contributed by atoms with E-state index in [1.807, 2.05) is 30.3 Å². The van der Waals surface area contributed by atoms with Gasteiger partial charge in [-0.05, 0) is 35.4 Å². The van der Waals surface area contributed by atoms with Crippen molar-refractivity contribution in [2.45, 2.75) is 11.4 Å². The van der Waals surface area contributed by atoms with Gasteiger partial charge in [-0.25, -0.2) is 22.6 Å². The predicted octanol–water partition coefficient (Wildman–Crippen LogP) is 2.14. The van der Waals surface area contributed by atoms with Gasteiger partial charge in [0.2, 0.25) is 10.0 Å². The molecule has 0 aliphatic heterocycles. The van der Waals surface area contributed by atoms with Crippen LogP contribution in [0, 0.1) is 0 Å². The fourth-order valence-electron chi connectivity index (χ4n) is 2.94. The largest absolute Gasteiger partial charge is 0.350 e. The number of aromatic nitrogens is 3. The zero-order valence-corrected chi connectivity index (χ0v) is 15.7. The maximum Gasteiger partial charge on any atom is 0.350 e. The molecule has 0 saturated heterocycles. The van der Waals surface area contributed by atoms with Crippen molar-refractivity contribution in [3.8, 4) is 11.1 Å². The molecule has 7 nitrogen and oxygen atoms in total. The van der Waals surface area contributed by atoms with Crippen LogP contribution in [0.3, 0.4) is 0 Å². The van der Waals surface area contributed by atoms with Crippen LogP contribution in [0.1, 0.15) is 0 Å². The van der Waals surface area contributed by atoms with Crippen LogP contribution in [-0.2, 0) is 16.6 Å². The van der Waals surface area contributed by atoms with E-state index in [0.717, 1.165) is 11.1 Å². The van der Waals surface area contributed by atoms with Crippen LogP contribution in [0.5, 0.6) is 0 Å². The number of benzene rings is 2. The molecule has 1 N–H and O–H groups in total. The Kier molecular flexibility index (Phi) is 4.81. The quantitative estimate of drug-likeness (QED) is 0.543. The van der Waals surface area contributed by atoms with Gasteiger partial charge in [0.15, 0.2) is 5.65 Å². The van der Waals surface area contributed by atoms with Crippen molar-refractivity contribution in [1.29, 1.82) is 0 Å². The Morgan fingerprint density at radius 2 is 1.54 bits per heavy atom. The molecule has 2 aromatic heterocycles. The number of hydrogen-bond acceptors (Lipinski definition) is 4. The highest BCUT2D eigenvalue weighted by molar-refractivity contribution is 7.89. The molecule has 2 heterocycles. The molecule has 0 spiro atoms. The van der Waals surface area contributed by atoms with Crippen LogP contribution in [0.25, 0.3) is 16.8 Å². The molecule has 2 aromatic carbocycles. The van der Waals surface area contributed by atoms with Crippen LogP contribution in [-0.4, -0.2) is 29.1 Å². The molecule has 4 rings (SSSR count). The van der Waals surface area contributed by atoms with Crippen molar-refractivity contribution >= 4 is 15.7 Å².